The first kappa shape index (κ1) is 22.3. The minimum atomic E-state index is -0.328. The molecule has 0 bridgehead atoms. The quantitative estimate of drug-likeness (QED) is 0.395. The number of unbranched alkanes of at least 4 members (excludes halogenated alkanes) is 5. The topological polar surface area (TPSA) is 36.9 Å². The molecule has 4 heteroatoms. The second-order valence-electron chi connectivity index (χ2n) is 8.68. The molecular formula is C27H36O4. The zero-order valence-corrected chi connectivity index (χ0v) is 18.7. The van der Waals surface area contributed by atoms with Crippen LogP contribution in [0.1, 0.15) is 81.8 Å². The molecule has 0 saturated carbocycles. The van der Waals surface area contributed by atoms with Crippen LogP contribution in [0.5, 0.6) is 5.75 Å². The Hall–Kier alpha value is -1.88. The molecule has 0 radical (unpaired) electrons. The fourth-order valence-corrected chi connectivity index (χ4v) is 4.43. The van der Waals surface area contributed by atoms with Crippen LogP contribution in [0.2, 0.25) is 0 Å². The molecule has 2 aliphatic rings. The van der Waals surface area contributed by atoms with E-state index < -0.39 is 0 Å². The highest BCUT2D eigenvalue weighted by Gasteiger charge is 2.38. The second kappa shape index (κ2) is 11.7. The van der Waals surface area contributed by atoms with E-state index in [2.05, 4.69) is 43.3 Å². The van der Waals surface area contributed by atoms with Crippen molar-refractivity contribution in [3.05, 3.63) is 65.7 Å². The van der Waals surface area contributed by atoms with Gasteiger partial charge in [-0.3, -0.25) is 0 Å². The molecule has 168 valence electrons. The molecule has 0 spiro atoms. The summed E-state index contributed by atoms with van der Waals surface area (Å²) >= 11 is 0. The van der Waals surface area contributed by atoms with Gasteiger partial charge in [0.1, 0.15) is 11.9 Å². The number of fused-ring (bicyclic) bond motifs is 1. The molecule has 2 aromatic carbocycles. The van der Waals surface area contributed by atoms with Crippen molar-refractivity contribution in [2.75, 3.05) is 13.2 Å². The predicted octanol–water partition coefficient (Wildman–Crippen LogP) is 6.76. The monoisotopic (exact) mass is 424 g/mol. The Morgan fingerprint density at radius 2 is 1.55 bits per heavy atom. The highest BCUT2D eigenvalue weighted by molar-refractivity contribution is 5.28. The van der Waals surface area contributed by atoms with Crippen molar-refractivity contribution in [1.82, 2.24) is 0 Å². The van der Waals surface area contributed by atoms with E-state index in [0.717, 1.165) is 37.2 Å². The van der Waals surface area contributed by atoms with Crippen molar-refractivity contribution in [2.24, 2.45) is 0 Å². The lowest BCUT2D eigenvalue weighted by Crippen LogP contribution is -2.45. The first-order valence-electron chi connectivity index (χ1n) is 12.0. The summed E-state index contributed by atoms with van der Waals surface area (Å²) in [5.74, 6) is 0.915. The van der Waals surface area contributed by atoms with Crippen molar-refractivity contribution in [3.63, 3.8) is 0 Å². The van der Waals surface area contributed by atoms with Crippen LogP contribution in [0.4, 0.5) is 0 Å². The average molecular weight is 425 g/mol. The van der Waals surface area contributed by atoms with Gasteiger partial charge in [-0.1, -0.05) is 81.5 Å². The van der Waals surface area contributed by atoms with E-state index in [1.165, 1.54) is 37.7 Å². The Morgan fingerprint density at radius 1 is 0.774 bits per heavy atom. The zero-order chi connectivity index (χ0) is 21.3. The van der Waals surface area contributed by atoms with Gasteiger partial charge in [-0.05, 0) is 37.0 Å². The molecule has 2 fully saturated rings. The molecule has 2 aliphatic heterocycles. The number of hydrogen-bond acceptors (Lipinski definition) is 4. The van der Waals surface area contributed by atoms with Crippen molar-refractivity contribution < 1.29 is 18.9 Å². The number of benzene rings is 2. The lowest BCUT2D eigenvalue weighted by molar-refractivity contribution is -0.289. The summed E-state index contributed by atoms with van der Waals surface area (Å²) in [4.78, 5) is 0. The smallest absolute Gasteiger partial charge is 0.184 e. The highest BCUT2D eigenvalue weighted by Crippen LogP contribution is 2.38. The second-order valence-corrected chi connectivity index (χ2v) is 8.68. The number of ether oxygens (including phenoxy) is 4. The normalized spacial score (nSPS) is 25.7. The summed E-state index contributed by atoms with van der Waals surface area (Å²) in [6.45, 7) is 3.60. The Labute approximate surface area is 186 Å². The molecule has 4 rings (SSSR count). The lowest BCUT2D eigenvalue weighted by atomic mass is 9.96. The number of hydrogen-bond donors (Lipinski definition) is 0. The Morgan fingerprint density at radius 3 is 2.35 bits per heavy atom. The van der Waals surface area contributed by atoms with Crippen LogP contribution in [0, 0.1) is 0 Å². The lowest BCUT2D eigenvalue weighted by Gasteiger charge is -2.42. The van der Waals surface area contributed by atoms with Gasteiger partial charge in [-0.25, -0.2) is 0 Å². The predicted molar refractivity (Wildman–Crippen MR) is 122 cm³/mol. The van der Waals surface area contributed by atoms with Gasteiger partial charge in [-0.15, -0.1) is 0 Å². The molecule has 31 heavy (non-hydrogen) atoms. The minimum absolute atomic E-state index is 0.00450. The minimum Gasteiger partial charge on any atom is -0.494 e. The maximum Gasteiger partial charge on any atom is 0.184 e. The first-order valence-corrected chi connectivity index (χ1v) is 12.0. The Bertz CT molecular complexity index is 761. The van der Waals surface area contributed by atoms with Gasteiger partial charge in [0.25, 0.3) is 0 Å². The molecule has 0 N–H and O–H groups in total. The molecule has 0 aliphatic carbocycles. The maximum atomic E-state index is 6.30. The van der Waals surface area contributed by atoms with Gasteiger partial charge in [0, 0.05) is 5.56 Å². The van der Waals surface area contributed by atoms with Gasteiger partial charge >= 0.3 is 0 Å². The molecule has 2 saturated heterocycles. The third kappa shape index (κ3) is 6.31. The average Bonchev–Trinajstić information content (AvgIpc) is 2.84. The van der Waals surface area contributed by atoms with E-state index in [0.29, 0.717) is 6.61 Å². The van der Waals surface area contributed by atoms with Crippen LogP contribution < -0.4 is 4.74 Å². The van der Waals surface area contributed by atoms with Crippen LogP contribution in [0.15, 0.2) is 54.6 Å². The van der Waals surface area contributed by atoms with E-state index in [1.54, 1.807) is 0 Å². The van der Waals surface area contributed by atoms with Crippen LogP contribution in [-0.2, 0) is 14.2 Å². The van der Waals surface area contributed by atoms with Crippen molar-refractivity contribution in [1.29, 1.82) is 0 Å². The maximum absolute atomic E-state index is 6.30. The summed E-state index contributed by atoms with van der Waals surface area (Å²) in [5.41, 5.74) is 2.27. The SMILES string of the molecule is CCCCCCCCOc1ccc([C@@H]2OC[C@H]3O[C@@H](c4ccccc4)CC[C@@H]3O2)cc1. The van der Waals surface area contributed by atoms with Gasteiger partial charge in [0.05, 0.1) is 25.4 Å². The van der Waals surface area contributed by atoms with Gasteiger partial charge < -0.3 is 18.9 Å². The molecule has 2 heterocycles. The van der Waals surface area contributed by atoms with Gasteiger partial charge in [0.15, 0.2) is 6.29 Å². The zero-order valence-electron chi connectivity index (χ0n) is 18.7. The van der Waals surface area contributed by atoms with E-state index in [1.807, 2.05) is 18.2 Å². The van der Waals surface area contributed by atoms with Crippen molar-refractivity contribution in [2.45, 2.75) is 82.9 Å². The standard InChI is InChI=1S/C27H36O4/c1-2-3-4-5-6-10-19-28-23-15-13-22(14-16-23)27-29-20-26-25(31-27)18-17-24(30-26)21-11-8-7-9-12-21/h7-9,11-16,24-27H,2-6,10,17-20H2,1H3/t24-,25+,26-,27-/m1/s1. The third-order valence-corrected chi connectivity index (χ3v) is 6.27. The summed E-state index contributed by atoms with van der Waals surface area (Å²) in [7, 11) is 0. The number of rotatable bonds is 10. The molecule has 4 atom stereocenters. The molecule has 0 unspecified atom stereocenters. The fraction of sp³-hybridized carbons (Fsp3) is 0.556. The van der Waals surface area contributed by atoms with E-state index in [9.17, 15) is 0 Å². The molecule has 2 aromatic rings. The summed E-state index contributed by atoms with van der Waals surface area (Å²) in [5, 5.41) is 0. The molecule has 0 aromatic heterocycles. The third-order valence-electron chi connectivity index (χ3n) is 6.27. The van der Waals surface area contributed by atoms with Crippen LogP contribution >= 0.6 is 0 Å². The van der Waals surface area contributed by atoms with Crippen LogP contribution in [-0.4, -0.2) is 25.4 Å². The van der Waals surface area contributed by atoms with Gasteiger partial charge in [0.2, 0.25) is 0 Å². The molecule has 4 nitrogen and oxygen atoms in total. The van der Waals surface area contributed by atoms with Crippen molar-refractivity contribution in [3.8, 4) is 5.75 Å². The van der Waals surface area contributed by atoms with Crippen LogP contribution in [0.25, 0.3) is 0 Å². The first-order chi connectivity index (χ1) is 15.3. The molecule has 0 amide bonds. The summed E-state index contributed by atoms with van der Waals surface area (Å²) in [6.07, 6.45) is 9.50. The largest absolute Gasteiger partial charge is 0.494 e. The summed E-state index contributed by atoms with van der Waals surface area (Å²) in [6, 6.07) is 18.6. The van der Waals surface area contributed by atoms with Crippen molar-refractivity contribution >= 4 is 0 Å². The van der Waals surface area contributed by atoms with Crippen LogP contribution in [0.3, 0.4) is 0 Å². The Balaban J connectivity index is 1.21. The van der Waals surface area contributed by atoms with E-state index >= 15 is 0 Å². The highest BCUT2D eigenvalue weighted by atomic mass is 16.7. The fourth-order valence-electron chi connectivity index (χ4n) is 4.43. The Kier molecular flexibility index (Phi) is 8.39. The molecular weight excluding hydrogens is 388 g/mol. The van der Waals surface area contributed by atoms with E-state index in [-0.39, 0.29) is 24.6 Å². The van der Waals surface area contributed by atoms with Gasteiger partial charge in [-0.2, -0.15) is 0 Å². The van der Waals surface area contributed by atoms with E-state index in [4.69, 9.17) is 18.9 Å². The summed E-state index contributed by atoms with van der Waals surface area (Å²) < 4.78 is 24.5.